The predicted molar refractivity (Wildman–Crippen MR) is 47.6 cm³/mol. The van der Waals surface area contributed by atoms with Crippen molar-refractivity contribution < 1.29 is 0 Å². The van der Waals surface area contributed by atoms with E-state index in [4.69, 9.17) is 0 Å². The molecule has 0 aromatic heterocycles. The first kappa shape index (κ1) is 6.59. The molecule has 0 fully saturated rings. The summed E-state index contributed by atoms with van der Waals surface area (Å²) in [5.74, 6) is 0.595. The van der Waals surface area contributed by atoms with Crippen LogP contribution in [0.25, 0.3) is 0 Å². The summed E-state index contributed by atoms with van der Waals surface area (Å²) < 4.78 is 0. The lowest BCUT2D eigenvalue weighted by atomic mass is 9.89. The maximum absolute atomic E-state index is 4.28. The second-order valence-corrected chi connectivity index (χ2v) is 2.94. The van der Waals surface area contributed by atoms with Crippen molar-refractivity contribution in [2.75, 3.05) is 0 Å². The van der Waals surface area contributed by atoms with Crippen molar-refractivity contribution in [3.8, 4) is 0 Å². The van der Waals surface area contributed by atoms with E-state index in [0.29, 0.717) is 5.92 Å². The maximum Gasteiger partial charge on any atom is 0.0406 e. The molecule has 0 aromatic carbocycles. The molecule has 2 aliphatic rings. The molecule has 0 N–H and O–H groups in total. The number of hydrogen-bond donors (Lipinski definition) is 0. The summed E-state index contributed by atoms with van der Waals surface area (Å²) in [7, 11) is 0. The highest BCUT2D eigenvalue weighted by molar-refractivity contribution is 5.64. The van der Waals surface area contributed by atoms with Gasteiger partial charge in [-0.05, 0) is 18.9 Å². The Morgan fingerprint density at radius 1 is 1.45 bits per heavy atom. The summed E-state index contributed by atoms with van der Waals surface area (Å²) in [5, 5.41) is 0. The van der Waals surface area contributed by atoms with Gasteiger partial charge in [-0.25, -0.2) is 0 Å². The largest absolute Gasteiger partial charge is 0.266 e. The average molecular weight is 145 g/mol. The van der Waals surface area contributed by atoms with Crippen molar-refractivity contribution in [3.05, 3.63) is 35.6 Å². The molecule has 1 heteroatoms. The molecule has 11 heavy (non-hydrogen) atoms. The molecule has 1 unspecified atom stereocenters. The molecule has 0 amide bonds. The number of fused-ring (bicyclic) bond motifs is 1. The van der Waals surface area contributed by atoms with Crippen molar-refractivity contribution in [1.29, 1.82) is 0 Å². The van der Waals surface area contributed by atoms with Gasteiger partial charge in [-0.1, -0.05) is 24.3 Å². The van der Waals surface area contributed by atoms with Crippen LogP contribution in [0, 0.1) is 5.92 Å². The molecule has 1 nitrogen and oxygen atoms in total. The fourth-order valence-electron chi connectivity index (χ4n) is 1.56. The minimum Gasteiger partial charge on any atom is -0.266 e. The first-order valence-corrected chi connectivity index (χ1v) is 3.96. The first-order chi connectivity index (χ1) is 5.38. The van der Waals surface area contributed by atoms with Crippen LogP contribution in [-0.2, 0) is 0 Å². The molecule has 0 bridgehead atoms. The topological polar surface area (TPSA) is 12.4 Å². The van der Waals surface area contributed by atoms with Gasteiger partial charge in [0, 0.05) is 17.8 Å². The van der Waals surface area contributed by atoms with E-state index in [9.17, 15) is 0 Å². The van der Waals surface area contributed by atoms with E-state index in [-0.39, 0.29) is 0 Å². The van der Waals surface area contributed by atoms with Crippen LogP contribution >= 0.6 is 0 Å². The normalized spacial score (nSPS) is 27.5. The molecule has 1 aliphatic carbocycles. The first-order valence-electron chi connectivity index (χ1n) is 3.96. The Hall–Kier alpha value is -1.11. The molecule has 0 saturated heterocycles. The quantitative estimate of drug-likeness (QED) is 0.496. The zero-order valence-corrected chi connectivity index (χ0v) is 6.62. The molecular formula is C10H11N. The third-order valence-electron chi connectivity index (χ3n) is 2.19. The minimum atomic E-state index is 0.595. The van der Waals surface area contributed by atoms with E-state index in [2.05, 4.69) is 36.2 Å². The zero-order chi connectivity index (χ0) is 7.68. The molecule has 2 rings (SSSR count). The van der Waals surface area contributed by atoms with Gasteiger partial charge < -0.3 is 0 Å². The van der Waals surface area contributed by atoms with Crippen LogP contribution in [0.5, 0.6) is 0 Å². The second-order valence-electron chi connectivity index (χ2n) is 2.94. The lowest BCUT2D eigenvalue weighted by Gasteiger charge is -2.19. The summed E-state index contributed by atoms with van der Waals surface area (Å²) in [5.41, 5.74) is 2.55. The molecule has 1 heterocycles. The highest BCUT2D eigenvalue weighted by Gasteiger charge is 2.15. The molecule has 0 spiro atoms. The Kier molecular flexibility index (Phi) is 1.50. The second kappa shape index (κ2) is 2.50. The van der Waals surface area contributed by atoms with E-state index in [1.165, 1.54) is 11.3 Å². The molecule has 0 radical (unpaired) electrons. The van der Waals surface area contributed by atoms with Gasteiger partial charge in [-0.2, -0.15) is 0 Å². The van der Waals surface area contributed by atoms with Gasteiger partial charge in [0.1, 0.15) is 0 Å². The van der Waals surface area contributed by atoms with E-state index < -0.39 is 0 Å². The number of hydrogen-bond acceptors (Lipinski definition) is 1. The third kappa shape index (κ3) is 1.07. The SMILES string of the molecule is CC1=C2C=CC=CC2CC=N1. The standard InChI is InChI=1S/C10H11N/c1-8-10-5-3-2-4-9(10)6-7-11-8/h2-5,7,9H,6H2,1H3. The highest BCUT2D eigenvalue weighted by atomic mass is 14.7. The van der Waals surface area contributed by atoms with E-state index in [1.807, 2.05) is 6.21 Å². The summed E-state index contributed by atoms with van der Waals surface area (Å²) in [6.45, 7) is 2.07. The Morgan fingerprint density at radius 3 is 3.18 bits per heavy atom. The predicted octanol–water partition coefficient (Wildman–Crippen LogP) is 2.48. The fraction of sp³-hybridized carbons (Fsp3) is 0.300. The Labute approximate surface area is 66.8 Å². The Bertz CT molecular complexity index is 279. The fourth-order valence-corrected chi connectivity index (χ4v) is 1.56. The lowest BCUT2D eigenvalue weighted by molar-refractivity contribution is 0.791. The van der Waals surface area contributed by atoms with Crippen molar-refractivity contribution >= 4 is 6.21 Å². The third-order valence-corrected chi connectivity index (χ3v) is 2.19. The molecular weight excluding hydrogens is 134 g/mol. The minimum absolute atomic E-state index is 0.595. The number of allylic oxidation sites excluding steroid dienone is 6. The monoisotopic (exact) mass is 145 g/mol. The van der Waals surface area contributed by atoms with Gasteiger partial charge in [0.25, 0.3) is 0 Å². The van der Waals surface area contributed by atoms with E-state index in [0.717, 1.165) is 6.42 Å². The Morgan fingerprint density at radius 2 is 2.36 bits per heavy atom. The van der Waals surface area contributed by atoms with Gasteiger partial charge >= 0.3 is 0 Å². The zero-order valence-electron chi connectivity index (χ0n) is 6.62. The Balaban J connectivity index is 2.43. The summed E-state index contributed by atoms with van der Waals surface area (Å²) in [6.07, 6.45) is 11.7. The van der Waals surface area contributed by atoms with Gasteiger partial charge in [0.15, 0.2) is 0 Å². The number of rotatable bonds is 0. The van der Waals surface area contributed by atoms with Gasteiger partial charge in [-0.3, -0.25) is 4.99 Å². The number of nitrogens with zero attached hydrogens (tertiary/aromatic N) is 1. The molecule has 1 aliphatic heterocycles. The van der Waals surface area contributed by atoms with E-state index >= 15 is 0 Å². The summed E-state index contributed by atoms with van der Waals surface area (Å²) >= 11 is 0. The smallest absolute Gasteiger partial charge is 0.0406 e. The van der Waals surface area contributed by atoms with Crippen LogP contribution in [0.1, 0.15) is 13.3 Å². The van der Waals surface area contributed by atoms with E-state index in [1.54, 1.807) is 0 Å². The van der Waals surface area contributed by atoms with Crippen LogP contribution in [0.4, 0.5) is 0 Å². The molecule has 0 saturated carbocycles. The van der Waals surface area contributed by atoms with Gasteiger partial charge in [0.2, 0.25) is 0 Å². The number of aliphatic imine (C=N–C) groups is 1. The lowest BCUT2D eigenvalue weighted by Crippen LogP contribution is -2.08. The van der Waals surface area contributed by atoms with Crippen LogP contribution in [0.15, 0.2) is 40.6 Å². The van der Waals surface area contributed by atoms with Crippen molar-refractivity contribution in [1.82, 2.24) is 0 Å². The average Bonchev–Trinajstić information content (AvgIpc) is 2.06. The molecule has 0 aromatic rings. The van der Waals surface area contributed by atoms with Crippen LogP contribution in [0.2, 0.25) is 0 Å². The van der Waals surface area contributed by atoms with Crippen molar-refractivity contribution in [2.45, 2.75) is 13.3 Å². The molecule has 1 atom stereocenters. The molecule has 56 valence electrons. The summed E-state index contributed by atoms with van der Waals surface area (Å²) in [6, 6.07) is 0. The van der Waals surface area contributed by atoms with Gasteiger partial charge in [0.05, 0.1) is 0 Å². The summed E-state index contributed by atoms with van der Waals surface area (Å²) in [4.78, 5) is 4.28. The highest BCUT2D eigenvalue weighted by Crippen LogP contribution is 2.27. The maximum atomic E-state index is 4.28. The van der Waals surface area contributed by atoms with Crippen molar-refractivity contribution in [3.63, 3.8) is 0 Å². The van der Waals surface area contributed by atoms with Crippen LogP contribution in [-0.4, -0.2) is 6.21 Å². The van der Waals surface area contributed by atoms with Crippen LogP contribution < -0.4 is 0 Å². The van der Waals surface area contributed by atoms with Crippen molar-refractivity contribution in [2.24, 2.45) is 10.9 Å². The van der Waals surface area contributed by atoms with Crippen LogP contribution in [0.3, 0.4) is 0 Å². The van der Waals surface area contributed by atoms with Gasteiger partial charge in [-0.15, -0.1) is 0 Å².